The highest BCUT2D eigenvalue weighted by Crippen LogP contribution is 2.32. The average molecular weight is 340 g/mol. The lowest BCUT2D eigenvalue weighted by atomic mass is 9.99. The number of ketones is 1. The van der Waals surface area contributed by atoms with E-state index in [0.717, 1.165) is 24.3 Å². The van der Waals surface area contributed by atoms with E-state index in [2.05, 4.69) is 16.8 Å². The number of H-pyrrole nitrogens is 1. The van der Waals surface area contributed by atoms with E-state index in [9.17, 15) is 14.7 Å². The molecular weight excluding hydrogens is 316 g/mol. The van der Waals surface area contributed by atoms with Crippen molar-refractivity contribution in [1.82, 2.24) is 4.98 Å². The van der Waals surface area contributed by atoms with E-state index in [4.69, 9.17) is 0 Å². The number of aromatic hydroxyl groups is 1. The summed E-state index contributed by atoms with van der Waals surface area (Å²) < 4.78 is 0. The van der Waals surface area contributed by atoms with Crippen LogP contribution in [0.25, 0.3) is 11.3 Å². The third-order valence-corrected chi connectivity index (χ3v) is 4.94. The number of Topliss-reactive ketones (excluding diaryl/α,β-unsaturated/α-hetero) is 1. The molecule has 1 saturated heterocycles. The highest BCUT2D eigenvalue weighted by molar-refractivity contribution is 5.97. The summed E-state index contributed by atoms with van der Waals surface area (Å²) in [7, 11) is 0. The monoisotopic (exact) mass is 340 g/mol. The van der Waals surface area contributed by atoms with Gasteiger partial charge in [-0.3, -0.25) is 9.59 Å². The summed E-state index contributed by atoms with van der Waals surface area (Å²) in [5, 5.41) is 10.4. The van der Waals surface area contributed by atoms with Crippen LogP contribution in [0.2, 0.25) is 0 Å². The minimum absolute atomic E-state index is 0.164. The van der Waals surface area contributed by atoms with Crippen molar-refractivity contribution < 1.29 is 9.90 Å². The van der Waals surface area contributed by atoms with Crippen LogP contribution < -0.4 is 10.5 Å². The maximum Gasteiger partial charge on any atom is 0.263 e. The van der Waals surface area contributed by atoms with Crippen LogP contribution in [0.15, 0.2) is 29.1 Å². The topological polar surface area (TPSA) is 73.4 Å². The highest BCUT2D eigenvalue weighted by Gasteiger charge is 2.21. The van der Waals surface area contributed by atoms with Gasteiger partial charge in [0.25, 0.3) is 5.56 Å². The first-order chi connectivity index (χ1) is 11.9. The zero-order valence-electron chi connectivity index (χ0n) is 14.9. The number of carbonyl (C=O) groups excluding carboxylic acids is 1. The molecule has 0 saturated carbocycles. The molecule has 3 rings (SSSR count). The highest BCUT2D eigenvalue weighted by atomic mass is 16.3. The van der Waals surface area contributed by atoms with Crippen molar-refractivity contribution in [3.05, 3.63) is 45.7 Å². The van der Waals surface area contributed by atoms with Gasteiger partial charge in [0, 0.05) is 24.3 Å². The summed E-state index contributed by atoms with van der Waals surface area (Å²) in [5.74, 6) is 0.0727. The lowest BCUT2D eigenvalue weighted by Crippen LogP contribution is -2.19. The number of rotatable bonds is 4. The van der Waals surface area contributed by atoms with Gasteiger partial charge < -0.3 is 15.0 Å². The van der Waals surface area contributed by atoms with Crippen molar-refractivity contribution >= 4 is 11.5 Å². The molecule has 1 unspecified atom stereocenters. The lowest BCUT2D eigenvalue weighted by molar-refractivity contribution is 0.101. The van der Waals surface area contributed by atoms with Gasteiger partial charge in [0.1, 0.15) is 11.3 Å². The van der Waals surface area contributed by atoms with Crippen LogP contribution in [0, 0.1) is 5.92 Å². The first kappa shape index (κ1) is 17.3. The molecule has 1 aliphatic heterocycles. The number of benzene rings is 1. The zero-order chi connectivity index (χ0) is 18.1. The van der Waals surface area contributed by atoms with Crippen LogP contribution in [-0.2, 0) is 6.42 Å². The van der Waals surface area contributed by atoms with E-state index in [1.165, 1.54) is 13.3 Å². The molecule has 1 atom stereocenters. The van der Waals surface area contributed by atoms with Crippen LogP contribution in [0.1, 0.15) is 43.1 Å². The second-order valence-electron chi connectivity index (χ2n) is 6.83. The molecule has 0 spiro atoms. The molecule has 1 aromatic carbocycles. The second kappa shape index (κ2) is 6.75. The quantitative estimate of drug-likeness (QED) is 0.837. The van der Waals surface area contributed by atoms with Gasteiger partial charge in [0.05, 0.1) is 5.69 Å². The molecule has 1 fully saturated rings. The molecule has 5 nitrogen and oxygen atoms in total. The van der Waals surface area contributed by atoms with Crippen LogP contribution in [0.5, 0.6) is 5.75 Å². The number of pyridine rings is 1. The summed E-state index contributed by atoms with van der Waals surface area (Å²) >= 11 is 0. The van der Waals surface area contributed by atoms with E-state index >= 15 is 0 Å². The number of aromatic nitrogens is 1. The first-order valence-electron chi connectivity index (χ1n) is 8.76. The molecule has 2 N–H and O–H groups in total. The predicted octanol–water partition coefficient (Wildman–Crippen LogP) is 3.36. The maximum absolute atomic E-state index is 12.2. The van der Waals surface area contributed by atoms with Crippen LogP contribution >= 0.6 is 0 Å². The van der Waals surface area contributed by atoms with E-state index < -0.39 is 11.3 Å². The number of nitrogens with zero attached hydrogens (tertiary/aromatic N) is 1. The van der Waals surface area contributed by atoms with Gasteiger partial charge in [0.15, 0.2) is 5.78 Å². The number of carbonyl (C=O) groups is 1. The molecule has 25 heavy (non-hydrogen) atoms. The van der Waals surface area contributed by atoms with Crippen molar-refractivity contribution in [2.75, 3.05) is 18.0 Å². The number of hydrogen-bond donors (Lipinski definition) is 2. The molecular formula is C20H24N2O3. The zero-order valence-corrected chi connectivity index (χ0v) is 14.9. The minimum Gasteiger partial charge on any atom is -0.507 e. The molecule has 1 aliphatic rings. The van der Waals surface area contributed by atoms with Crippen molar-refractivity contribution in [2.24, 2.45) is 5.92 Å². The summed E-state index contributed by atoms with van der Waals surface area (Å²) in [6, 6.07) is 7.99. The molecule has 1 aromatic heterocycles. The number of anilines is 1. The minimum atomic E-state index is -0.547. The molecule has 0 aliphatic carbocycles. The Labute approximate surface area is 147 Å². The Morgan fingerprint density at radius 2 is 2.00 bits per heavy atom. The van der Waals surface area contributed by atoms with E-state index in [-0.39, 0.29) is 11.3 Å². The smallest absolute Gasteiger partial charge is 0.263 e. The third kappa shape index (κ3) is 3.18. The van der Waals surface area contributed by atoms with Crippen molar-refractivity contribution in [3.63, 3.8) is 0 Å². The standard InChI is InChI=1S/C20H24N2O3/c1-4-16-18(21-20(25)17(13(3)23)19(16)24)14-5-7-15(8-6-14)22-10-9-12(2)11-22/h5-8,12H,4,9-11H2,1-3H3,(H2,21,24,25). The van der Waals surface area contributed by atoms with E-state index in [0.29, 0.717) is 23.6 Å². The predicted molar refractivity (Wildman–Crippen MR) is 99.5 cm³/mol. The Balaban J connectivity index is 2.02. The molecule has 5 heteroatoms. The Hall–Kier alpha value is -2.56. The van der Waals surface area contributed by atoms with Gasteiger partial charge in [-0.1, -0.05) is 26.0 Å². The number of nitrogens with one attached hydrogen (secondary N) is 1. The number of aromatic amines is 1. The van der Waals surface area contributed by atoms with E-state index in [1.807, 2.05) is 31.2 Å². The molecule has 132 valence electrons. The second-order valence-corrected chi connectivity index (χ2v) is 6.83. The van der Waals surface area contributed by atoms with Crippen molar-refractivity contribution in [2.45, 2.75) is 33.6 Å². The van der Waals surface area contributed by atoms with Gasteiger partial charge >= 0.3 is 0 Å². The van der Waals surface area contributed by atoms with Crippen LogP contribution in [0.4, 0.5) is 5.69 Å². The summed E-state index contributed by atoms with van der Waals surface area (Å²) in [5.41, 5.74) is 2.45. The van der Waals surface area contributed by atoms with Gasteiger partial charge in [-0.25, -0.2) is 0 Å². The summed E-state index contributed by atoms with van der Waals surface area (Å²) in [6.45, 7) is 7.55. The summed E-state index contributed by atoms with van der Waals surface area (Å²) in [6.07, 6.45) is 1.72. The van der Waals surface area contributed by atoms with Gasteiger partial charge in [0.2, 0.25) is 0 Å². The lowest BCUT2D eigenvalue weighted by Gasteiger charge is -2.19. The fraction of sp³-hybridized carbons (Fsp3) is 0.400. The molecule has 0 bridgehead atoms. The normalized spacial score (nSPS) is 17.1. The molecule has 2 heterocycles. The summed E-state index contributed by atoms with van der Waals surface area (Å²) in [4.78, 5) is 29.0. The van der Waals surface area contributed by atoms with Gasteiger partial charge in [-0.05, 0) is 43.4 Å². The Morgan fingerprint density at radius 1 is 1.32 bits per heavy atom. The van der Waals surface area contributed by atoms with Crippen LogP contribution in [-0.4, -0.2) is 29.0 Å². The van der Waals surface area contributed by atoms with Gasteiger partial charge in [-0.2, -0.15) is 0 Å². The Bertz CT molecular complexity index is 852. The molecule has 0 radical (unpaired) electrons. The Kier molecular flexibility index (Phi) is 4.66. The third-order valence-electron chi connectivity index (χ3n) is 4.94. The van der Waals surface area contributed by atoms with Crippen molar-refractivity contribution in [3.8, 4) is 17.0 Å². The van der Waals surface area contributed by atoms with Crippen LogP contribution in [0.3, 0.4) is 0 Å². The van der Waals surface area contributed by atoms with E-state index in [1.54, 1.807) is 0 Å². The SMILES string of the molecule is CCc1c(-c2ccc(N3CCC(C)C3)cc2)[nH]c(=O)c(C(C)=O)c1O. The van der Waals surface area contributed by atoms with Crippen molar-refractivity contribution in [1.29, 1.82) is 0 Å². The molecule has 2 aromatic rings. The first-order valence-corrected chi connectivity index (χ1v) is 8.76. The Morgan fingerprint density at radius 3 is 2.52 bits per heavy atom. The number of hydrogen-bond acceptors (Lipinski definition) is 4. The fourth-order valence-corrected chi connectivity index (χ4v) is 3.55. The fourth-order valence-electron chi connectivity index (χ4n) is 3.55. The average Bonchev–Trinajstić information content (AvgIpc) is 3.00. The molecule has 0 amide bonds. The largest absolute Gasteiger partial charge is 0.507 e. The van der Waals surface area contributed by atoms with Gasteiger partial charge in [-0.15, -0.1) is 0 Å². The maximum atomic E-state index is 12.2.